The van der Waals surface area contributed by atoms with Gasteiger partial charge in [-0.15, -0.1) is 10.2 Å². The van der Waals surface area contributed by atoms with Crippen LogP contribution in [0.2, 0.25) is 0 Å². The number of amides is 2. The van der Waals surface area contributed by atoms with Gasteiger partial charge in [0.05, 0.1) is 12.9 Å². The second-order valence-corrected chi connectivity index (χ2v) is 8.18. The number of nitrogens with one attached hydrogen (secondary N) is 1. The Kier molecular flexibility index (Phi) is 6.85. The predicted molar refractivity (Wildman–Crippen MR) is 128 cm³/mol. The van der Waals surface area contributed by atoms with Gasteiger partial charge in [-0.3, -0.25) is 19.5 Å². The van der Waals surface area contributed by atoms with Crippen LogP contribution >= 0.6 is 11.8 Å². The minimum absolute atomic E-state index is 0.0146. The molecule has 0 unspecified atom stereocenters. The van der Waals surface area contributed by atoms with Crippen LogP contribution in [-0.2, 0) is 4.79 Å². The van der Waals surface area contributed by atoms with Crippen molar-refractivity contribution >= 4 is 23.6 Å². The Hall–Kier alpha value is -3.91. The van der Waals surface area contributed by atoms with E-state index < -0.39 is 11.8 Å². The zero-order valence-electron chi connectivity index (χ0n) is 18.2. The molecule has 0 bridgehead atoms. The van der Waals surface area contributed by atoms with Crippen LogP contribution in [0.4, 0.5) is 0 Å². The average Bonchev–Trinajstić information content (AvgIpc) is 3.28. The Morgan fingerprint density at radius 3 is 2.30 bits per heavy atom. The smallest absolute Gasteiger partial charge is 0.257 e. The van der Waals surface area contributed by atoms with E-state index in [0.717, 1.165) is 16.8 Å². The Morgan fingerprint density at radius 1 is 0.939 bits per heavy atom. The average molecular weight is 459 g/mol. The van der Waals surface area contributed by atoms with Crippen molar-refractivity contribution in [1.82, 2.24) is 20.1 Å². The fraction of sp³-hybridized carbons (Fsp3) is 0.120. The highest BCUT2D eigenvalue weighted by atomic mass is 32.2. The molecule has 0 aliphatic heterocycles. The lowest BCUT2D eigenvalue weighted by molar-refractivity contribution is -0.117. The van der Waals surface area contributed by atoms with Crippen molar-refractivity contribution in [3.8, 4) is 22.8 Å². The first-order valence-electron chi connectivity index (χ1n) is 10.2. The summed E-state index contributed by atoms with van der Waals surface area (Å²) in [6.45, 7) is 2.02. The topological polar surface area (TPSA) is 86.1 Å². The van der Waals surface area contributed by atoms with Gasteiger partial charge in [0.2, 0.25) is 5.91 Å². The molecule has 0 spiro atoms. The number of carbonyl (C=O) groups is 2. The number of imide groups is 1. The summed E-state index contributed by atoms with van der Waals surface area (Å²) < 4.78 is 7.00. The molecule has 8 heteroatoms. The number of thioether (sulfide) groups is 1. The predicted octanol–water partition coefficient (Wildman–Crippen LogP) is 4.30. The molecule has 1 aromatic heterocycles. The number of hydrogen-bond donors (Lipinski definition) is 1. The molecular formula is C25H22N4O3S. The zero-order valence-corrected chi connectivity index (χ0v) is 19.0. The molecule has 4 rings (SSSR count). The fourth-order valence-corrected chi connectivity index (χ4v) is 3.92. The van der Waals surface area contributed by atoms with Crippen LogP contribution in [0, 0.1) is 6.92 Å². The van der Waals surface area contributed by atoms with Crippen molar-refractivity contribution in [2.75, 3.05) is 12.9 Å². The van der Waals surface area contributed by atoms with E-state index in [1.807, 2.05) is 66.1 Å². The van der Waals surface area contributed by atoms with Crippen LogP contribution in [-0.4, -0.2) is 39.4 Å². The summed E-state index contributed by atoms with van der Waals surface area (Å²) in [5, 5.41) is 11.7. The summed E-state index contributed by atoms with van der Waals surface area (Å²) in [6, 6.07) is 24.3. The molecule has 2 amide bonds. The summed E-state index contributed by atoms with van der Waals surface area (Å²) in [5.41, 5.74) is 3.32. The van der Waals surface area contributed by atoms with E-state index in [4.69, 9.17) is 4.74 Å². The number of nitrogens with zero attached hydrogens (tertiary/aromatic N) is 3. The van der Waals surface area contributed by atoms with Crippen LogP contribution < -0.4 is 10.1 Å². The van der Waals surface area contributed by atoms with Gasteiger partial charge in [-0.1, -0.05) is 59.8 Å². The standard InChI is InChI=1S/C25H22N4O3S/c1-17-8-12-20(13-9-17)29-23(18-6-4-3-5-7-18)27-28-25(29)33-16-22(30)26-24(31)19-10-14-21(32-2)15-11-19/h3-15H,16H2,1-2H3,(H,26,30,31). The van der Waals surface area contributed by atoms with Crippen molar-refractivity contribution < 1.29 is 14.3 Å². The van der Waals surface area contributed by atoms with Gasteiger partial charge in [0.25, 0.3) is 5.91 Å². The second-order valence-electron chi connectivity index (χ2n) is 7.24. The van der Waals surface area contributed by atoms with Gasteiger partial charge in [-0.25, -0.2) is 0 Å². The van der Waals surface area contributed by atoms with Crippen LogP contribution in [0.25, 0.3) is 17.1 Å². The second kappa shape index (κ2) is 10.1. The molecule has 4 aromatic rings. The first-order chi connectivity index (χ1) is 16.0. The van der Waals surface area contributed by atoms with Gasteiger partial charge in [0, 0.05) is 16.8 Å². The third-order valence-corrected chi connectivity index (χ3v) is 5.82. The molecule has 0 saturated heterocycles. The Bertz CT molecular complexity index is 1250. The molecule has 0 aliphatic carbocycles. The fourth-order valence-electron chi connectivity index (χ4n) is 3.17. The van der Waals surface area contributed by atoms with E-state index in [2.05, 4.69) is 15.5 Å². The highest BCUT2D eigenvalue weighted by Gasteiger charge is 2.18. The van der Waals surface area contributed by atoms with E-state index in [9.17, 15) is 9.59 Å². The number of rotatable bonds is 7. The number of carbonyl (C=O) groups excluding carboxylic acids is 2. The van der Waals surface area contributed by atoms with Crippen molar-refractivity contribution in [3.05, 3.63) is 90.0 Å². The number of benzene rings is 3. The SMILES string of the molecule is COc1ccc(C(=O)NC(=O)CSc2nnc(-c3ccccc3)n2-c2ccc(C)cc2)cc1. The van der Waals surface area contributed by atoms with Gasteiger partial charge in [-0.05, 0) is 43.3 Å². The molecule has 166 valence electrons. The number of methoxy groups -OCH3 is 1. The molecule has 0 fully saturated rings. The molecule has 7 nitrogen and oxygen atoms in total. The van der Waals surface area contributed by atoms with Crippen LogP contribution in [0.15, 0.2) is 84.0 Å². The first kappa shape index (κ1) is 22.3. The van der Waals surface area contributed by atoms with E-state index in [0.29, 0.717) is 22.3 Å². The van der Waals surface area contributed by atoms with Crippen LogP contribution in [0.3, 0.4) is 0 Å². The van der Waals surface area contributed by atoms with Crippen molar-refractivity contribution in [2.24, 2.45) is 0 Å². The third kappa shape index (κ3) is 5.30. The molecule has 1 N–H and O–H groups in total. The first-order valence-corrected chi connectivity index (χ1v) is 11.2. The minimum Gasteiger partial charge on any atom is -0.497 e. The maximum atomic E-state index is 12.5. The van der Waals surface area contributed by atoms with E-state index in [1.165, 1.54) is 11.8 Å². The molecular weight excluding hydrogens is 436 g/mol. The summed E-state index contributed by atoms with van der Waals surface area (Å²) in [6.07, 6.45) is 0. The van der Waals surface area contributed by atoms with Crippen LogP contribution in [0.1, 0.15) is 15.9 Å². The molecule has 1 heterocycles. The van der Waals surface area contributed by atoms with Gasteiger partial charge in [0.15, 0.2) is 11.0 Å². The Balaban J connectivity index is 1.51. The van der Waals surface area contributed by atoms with Gasteiger partial charge >= 0.3 is 0 Å². The van der Waals surface area contributed by atoms with Gasteiger partial charge in [-0.2, -0.15) is 0 Å². The lowest BCUT2D eigenvalue weighted by atomic mass is 10.2. The van der Waals surface area contributed by atoms with Gasteiger partial charge < -0.3 is 4.74 Å². The number of hydrogen-bond acceptors (Lipinski definition) is 6. The summed E-state index contributed by atoms with van der Waals surface area (Å²) in [4.78, 5) is 24.8. The quantitative estimate of drug-likeness (QED) is 0.416. The highest BCUT2D eigenvalue weighted by molar-refractivity contribution is 7.99. The molecule has 0 saturated carbocycles. The third-order valence-electron chi connectivity index (χ3n) is 4.90. The van der Waals surface area contributed by atoms with Crippen molar-refractivity contribution in [1.29, 1.82) is 0 Å². The van der Waals surface area contributed by atoms with E-state index in [-0.39, 0.29) is 5.75 Å². The lowest BCUT2D eigenvalue weighted by Gasteiger charge is -2.11. The van der Waals surface area contributed by atoms with Gasteiger partial charge in [0.1, 0.15) is 5.75 Å². The Labute approximate surface area is 195 Å². The summed E-state index contributed by atoms with van der Waals surface area (Å²) in [5.74, 6) is 0.448. The van der Waals surface area contributed by atoms with Crippen molar-refractivity contribution in [3.63, 3.8) is 0 Å². The zero-order chi connectivity index (χ0) is 23.2. The van der Waals surface area contributed by atoms with Crippen molar-refractivity contribution in [2.45, 2.75) is 12.1 Å². The molecule has 0 aliphatic rings. The maximum absolute atomic E-state index is 12.5. The summed E-state index contributed by atoms with van der Waals surface area (Å²) in [7, 11) is 1.55. The largest absolute Gasteiger partial charge is 0.497 e. The Morgan fingerprint density at radius 2 is 1.64 bits per heavy atom. The normalized spacial score (nSPS) is 10.6. The van der Waals surface area contributed by atoms with E-state index >= 15 is 0 Å². The lowest BCUT2D eigenvalue weighted by Crippen LogP contribution is -2.31. The molecule has 3 aromatic carbocycles. The monoisotopic (exact) mass is 458 g/mol. The molecule has 0 atom stereocenters. The number of aromatic nitrogens is 3. The van der Waals surface area contributed by atoms with E-state index in [1.54, 1.807) is 31.4 Å². The molecule has 33 heavy (non-hydrogen) atoms. The van der Waals surface area contributed by atoms with Crippen LogP contribution in [0.5, 0.6) is 5.75 Å². The highest BCUT2D eigenvalue weighted by Crippen LogP contribution is 2.28. The maximum Gasteiger partial charge on any atom is 0.257 e. The minimum atomic E-state index is -0.465. The number of ether oxygens (including phenoxy) is 1. The number of aryl methyl sites for hydroxylation is 1. The summed E-state index contributed by atoms with van der Waals surface area (Å²) >= 11 is 1.22. The molecule has 0 radical (unpaired) electrons.